The standard InChI is InChI=1S/C29H36N2O3/c1-28(2,3)22-15-16-24(23(18-22)29(4,5)6)33-27(32)21-14-10-13-20(17-21)26-31-30-25(34-26)19-11-8-7-9-12-19/h10,13-19H,7-9,11-12H2,1-6H3. The third-order valence-corrected chi connectivity index (χ3v) is 6.60. The molecule has 0 radical (unpaired) electrons. The van der Waals surface area contributed by atoms with Gasteiger partial charge in [-0.25, -0.2) is 4.79 Å². The molecule has 0 N–H and O–H groups in total. The smallest absolute Gasteiger partial charge is 0.343 e. The Hall–Kier alpha value is -2.95. The van der Waals surface area contributed by atoms with E-state index in [-0.39, 0.29) is 10.8 Å². The molecule has 180 valence electrons. The van der Waals surface area contributed by atoms with Gasteiger partial charge in [0.2, 0.25) is 11.8 Å². The number of rotatable bonds is 4. The van der Waals surface area contributed by atoms with Crippen LogP contribution in [0.25, 0.3) is 11.5 Å². The first-order valence-corrected chi connectivity index (χ1v) is 12.3. The van der Waals surface area contributed by atoms with Crippen LogP contribution in [-0.2, 0) is 10.8 Å². The Balaban J connectivity index is 1.57. The summed E-state index contributed by atoms with van der Waals surface area (Å²) in [5, 5.41) is 8.55. The van der Waals surface area contributed by atoms with Crippen molar-refractivity contribution in [2.75, 3.05) is 0 Å². The van der Waals surface area contributed by atoms with Gasteiger partial charge in [0, 0.05) is 17.0 Å². The first-order chi connectivity index (χ1) is 16.0. The molecule has 5 nitrogen and oxygen atoms in total. The van der Waals surface area contributed by atoms with Crippen molar-refractivity contribution >= 4 is 5.97 Å². The van der Waals surface area contributed by atoms with Gasteiger partial charge in [0.05, 0.1) is 5.56 Å². The Labute approximate surface area is 202 Å². The summed E-state index contributed by atoms with van der Waals surface area (Å²) in [6.07, 6.45) is 5.88. The van der Waals surface area contributed by atoms with Gasteiger partial charge in [-0.15, -0.1) is 10.2 Å². The van der Waals surface area contributed by atoms with Crippen molar-refractivity contribution < 1.29 is 13.9 Å². The largest absolute Gasteiger partial charge is 0.423 e. The maximum absolute atomic E-state index is 13.1. The Morgan fingerprint density at radius 2 is 1.65 bits per heavy atom. The van der Waals surface area contributed by atoms with Crippen molar-refractivity contribution in [1.82, 2.24) is 10.2 Å². The molecule has 0 saturated heterocycles. The van der Waals surface area contributed by atoms with Crippen LogP contribution in [0.4, 0.5) is 0 Å². The van der Waals surface area contributed by atoms with Crippen molar-refractivity contribution in [3.63, 3.8) is 0 Å². The Kier molecular flexibility index (Phi) is 6.66. The van der Waals surface area contributed by atoms with Crippen LogP contribution in [0, 0.1) is 0 Å². The minimum Gasteiger partial charge on any atom is -0.423 e. The second kappa shape index (κ2) is 9.36. The lowest BCUT2D eigenvalue weighted by Gasteiger charge is -2.26. The molecule has 0 aliphatic heterocycles. The molecule has 0 bridgehead atoms. The zero-order valence-electron chi connectivity index (χ0n) is 21.3. The van der Waals surface area contributed by atoms with Gasteiger partial charge in [0.25, 0.3) is 0 Å². The first-order valence-electron chi connectivity index (χ1n) is 12.3. The lowest BCUT2D eigenvalue weighted by Crippen LogP contribution is -2.19. The molecule has 1 fully saturated rings. The fourth-order valence-corrected chi connectivity index (χ4v) is 4.48. The van der Waals surface area contributed by atoms with E-state index in [0.717, 1.165) is 24.0 Å². The van der Waals surface area contributed by atoms with Gasteiger partial charge in [-0.2, -0.15) is 0 Å². The zero-order valence-corrected chi connectivity index (χ0v) is 21.3. The van der Waals surface area contributed by atoms with Crippen LogP contribution in [-0.4, -0.2) is 16.2 Å². The van der Waals surface area contributed by atoms with Crippen LogP contribution in [0.5, 0.6) is 5.75 Å². The van der Waals surface area contributed by atoms with E-state index < -0.39 is 5.97 Å². The molecule has 1 heterocycles. The molecule has 1 saturated carbocycles. The highest BCUT2D eigenvalue weighted by atomic mass is 16.5. The number of carbonyl (C=O) groups excluding carboxylic acids is 1. The van der Waals surface area contributed by atoms with Crippen LogP contribution >= 0.6 is 0 Å². The molecule has 3 aromatic rings. The van der Waals surface area contributed by atoms with E-state index >= 15 is 0 Å². The van der Waals surface area contributed by atoms with E-state index in [9.17, 15) is 4.79 Å². The maximum Gasteiger partial charge on any atom is 0.343 e. The van der Waals surface area contributed by atoms with Crippen molar-refractivity contribution in [2.24, 2.45) is 0 Å². The number of ether oxygens (including phenoxy) is 1. The van der Waals surface area contributed by atoms with Crippen molar-refractivity contribution in [3.05, 3.63) is 65.0 Å². The Bertz CT molecular complexity index is 1160. The lowest BCUT2D eigenvalue weighted by atomic mass is 9.80. The van der Waals surface area contributed by atoms with Gasteiger partial charge in [0.1, 0.15) is 5.75 Å². The second-order valence-electron chi connectivity index (χ2n) is 11.5. The maximum atomic E-state index is 13.1. The molecule has 4 rings (SSSR count). The molecule has 0 unspecified atom stereocenters. The summed E-state index contributed by atoms with van der Waals surface area (Å²) in [7, 11) is 0. The second-order valence-corrected chi connectivity index (χ2v) is 11.5. The third kappa shape index (κ3) is 5.40. The highest BCUT2D eigenvalue weighted by molar-refractivity contribution is 5.92. The lowest BCUT2D eigenvalue weighted by molar-refractivity contribution is 0.0732. The van der Waals surface area contributed by atoms with E-state index in [4.69, 9.17) is 9.15 Å². The molecule has 0 amide bonds. The minimum absolute atomic E-state index is 0.0113. The van der Waals surface area contributed by atoms with E-state index in [0.29, 0.717) is 29.0 Å². The summed E-state index contributed by atoms with van der Waals surface area (Å²) < 4.78 is 11.9. The molecular weight excluding hydrogens is 424 g/mol. The number of hydrogen-bond donors (Lipinski definition) is 0. The topological polar surface area (TPSA) is 65.2 Å². The summed E-state index contributed by atoms with van der Waals surface area (Å²) >= 11 is 0. The predicted molar refractivity (Wildman–Crippen MR) is 134 cm³/mol. The summed E-state index contributed by atoms with van der Waals surface area (Å²) in [4.78, 5) is 13.1. The molecule has 1 aliphatic rings. The molecule has 0 spiro atoms. The number of carbonyl (C=O) groups is 1. The van der Waals surface area contributed by atoms with Crippen LogP contribution in [0.1, 0.15) is 107 Å². The van der Waals surface area contributed by atoms with Gasteiger partial charge in [-0.3, -0.25) is 0 Å². The van der Waals surface area contributed by atoms with Crippen LogP contribution in [0.15, 0.2) is 46.9 Å². The average Bonchev–Trinajstić information content (AvgIpc) is 3.29. The third-order valence-electron chi connectivity index (χ3n) is 6.60. The number of benzene rings is 2. The molecule has 2 aromatic carbocycles. The number of aromatic nitrogens is 2. The number of hydrogen-bond acceptors (Lipinski definition) is 5. The van der Waals surface area contributed by atoms with E-state index in [1.807, 2.05) is 24.3 Å². The van der Waals surface area contributed by atoms with Gasteiger partial charge in [-0.05, 0) is 53.5 Å². The highest BCUT2D eigenvalue weighted by Crippen LogP contribution is 2.36. The molecule has 34 heavy (non-hydrogen) atoms. The normalized spacial score (nSPS) is 15.4. The average molecular weight is 461 g/mol. The predicted octanol–water partition coefficient (Wildman–Crippen LogP) is 7.60. The summed E-state index contributed by atoms with van der Waals surface area (Å²) in [6, 6.07) is 13.3. The first kappa shape index (κ1) is 24.2. The van der Waals surface area contributed by atoms with Gasteiger partial charge in [-0.1, -0.05) is 79.0 Å². The van der Waals surface area contributed by atoms with E-state index in [1.54, 1.807) is 12.1 Å². The fraction of sp³-hybridized carbons (Fsp3) is 0.483. The highest BCUT2D eigenvalue weighted by Gasteiger charge is 2.25. The van der Waals surface area contributed by atoms with Crippen molar-refractivity contribution in [2.45, 2.75) is 90.4 Å². The molecule has 1 aromatic heterocycles. The Morgan fingerprint density at radius 3 is 2.32 bits per heavy atom. The van der Waals surface area contributed by atoms with Crippen LogP contribution in [0.3, 0.4) is 0 Å². The number of esters is 1. The monoisotopic (exact) mass is 460 g/mol. The molecule has 5 heteroatoms. The van der Waals surface area contributed by atoms with Crippen molar-refractivity contribution in [3.8, 4) is 17.2 Å². The van der Waals surface area contributed by atoms with E-state index in [2.05, 4.69) is 57.8 Å². The van der Waals surface area contributed by atoms with Crippen molar-refractivity contribution in [1.29, 1.82) is 0 Å². The SMILES string of the molecule is CC(C)(C)c1ccc(OC(=O)c2cccc(-c3nnc(C4CCCCC4)o3)c2)c(C(C)(C)C)c1. The van der Waals surface area contributed by atoms with E-state index in [1.165, 1.54) is 24.8 Å². The van der Waals surface area contributed by atoms with Crippen LogP contribution in [0.2, 0.25) is 0 Å². The minimum atomic E-state index is -0.400. The fourth-order valence-electron chi connectivity index (χ4n) is 4.48. The molecular formula is C29H36N2O3. The summed E-state index contributed by atoms with van der Waals surface area (Å²) in [6.45, 7) is 12.9. The summed E-state index contributed by atoms with van der Waals surface area (Å²) in [5.74, 6) is 1.68. The Morgan fingerprint density at radius 1 is 0.912 bits per heavy atom. The number of nitrogens with zero attached hydrogens (tertiary/aromatic N) is 2. The quantitative estimate of drug-likeness (QED) is 0.296. The van der Waals surface area contributed by atoms with Crippen LogP contribution < -0.4 is 4.74 Å². The molecule has 0 atom stereocenters. The van der Waals surface area contributed by atoms with Gasteiger partial charge >= 0.3 is 5.97 Å². The van der Waals surface area contributed by atoms with Gasteiger partial charge in [0.15, 0.2) is 0 Å². The molecule has 1 aliphatic carbocycles. The summed E-state index contributed by atoms with van der Waals surface area (Å²) in [5.41, 5.74) is 3.25. The zero-order chi connectivity index (χ0) is 24.5. The van der Waals surface area contributed by atoms with Gasteiger partial charge < -0.3 is 9.15 Å².